The highest BCUT2D eigenvalue weighted by Crippen LogP contribution is 2.40. The topological polar surface area (TPSA) is 178 Å². The number of carbonyl (C=O) groups is 2. The van der Waals surface area contributed by atoms with E-state index in [4.69, 9.17) is 20.7 Å². The molecule has 4 atom stereocenters. The molecule has 12 rings (SSSR count). The van der Waals surface area contributed by atoms with E-state index in [1.54, 1.807) is 22.4 Å². The van der Waals surface area contributed by atoms with Crippen molar-refractivity contribution >= 4 is 57.0 Å². The van der Waals surface area contributed by atoms with Gasteiger partial charge in [-0.05, 0) is 125 Å². The number of hydrogen-bond donors (Lipinski definition) is 3. The number of thiazole rings is 1. The Labute approximate surface area is 495 Å². The van der Waals surface area contributed by atoms with Crippen molar-refractivity contribution in [3.05, 3.63) is 101 Å². The molecule has 4 aromatic heterocycles. The number of halogens is 2. The van der Waals surface area contributed by atoms with E-state index in [2.05, 4.69) is 90.3 Å². The Kier molecular flexibility index (Phi) is 19.7. The fraction of sp³-hybridized carbons (Fsp3) is 0.492. The number of aromatic nitrogens is 5. The average Bonchev–Trinajstić information content (AvgIpc) is 4.18. The SMILES string of the molecule is C#Cc1c(F)ccc2cc(O)cc(-c3ncc4c(N5CC6CCC(C5)N6)nc(OCCN5CCC(CCC6CCN(c7cc(CC)on7)CC6)CC5)nc4c3F)c12.CCC.Cc1ncsc1-c1ccc(C(C)NC(=O)C2CCCN2C=O)cc1. The number of carbonyl (C=O) groups excluding carboxylic acids is 2. The van der Waals surface area contributed by atoms with Crippen LogP contribution in [0.3, 0.4) is 0 Å². The fourth-order valence-corrected chi connectivity index (χ4v) is 13.4. The number of aromatic hydroxyl groups is 1. The minimum absolute atomic E-state index is 0.0255. The van der Waals surface area contributed by atoms with Crippen LogP contribution < -0.4 is 25.2 Å². The lowest BCUT2D eigenvalue weighted by Gasteiger charge is -2.35. The number of benzene rings is 3. The van der Waals surface area contributed by atoms with Crippen LogP contribution in [0.4, 0.5) is 20.4 Å². The van der Waals surface area contributed by atoms with Crippen LogP contribution in [0.25, 0.3) is 43.4 Å². The van der Waals surface area contributed by atoms with Gasteiger partial charge in [-0.15, -0.1) is 17.8 Å². The minimum atomic E-state index is -0.716. The monoisotopic (exact) mass is 1160 g/mol. The zero-order valence-electron chi connectivity index (χ0n) is 49.1. The van der Waals surface area contributed by atoms with Gasteiger partial charge in [0.2, 0.25) is 12.3 Å². The highest BCUT2D eigenvalue weighted by atomic mass is 32.1. The number of amides is 2. The van der Waals surface area contributed by atoms with Crippen molar-refractivity contribution in [3.8, 4) is 45.8 Å². The number of aryl methyl sites for hydroxylation is 2. The van der Waals surface area contributed by atoms with Crippen LogP contribution in [0.5, 0.6) is 11.8 Å². The summed E-state index contributed by atoms with van der Waals surface area (Å²) in [6.07, 6.45) is 21.3. The van der Waals surface area contributed by atoms with E-state index < -0.39 is 11.6 Å². The third kappa shape index (κ3) is 13.8. The molecule has 4 unspecified atom stereocenters. The van der Waals surface area contributed by atoms with E-state index in [1.807, 2.05) is 31.5 Å². The van der Waals surface area contributed by atoms with Gasteiger partial charge in [0.05, 0.1) is 33.1 Å². The maximum atomic E-state index is 16.9. The largest absolute Gasteiger partial charge is 0.508 e. The Morgan fingerprint density at radius 1 is 0.929 bits per heavy atom. The van der Waals surface area contributed by atoms with E-state index in [9.17, 15) is 19.1 Å². The lowest BCUT2D eigenvalue weighted by atomic mass is 9.85. The molecule has 3 aromatic carbocycles. The molecular formula is C65H79F2N11O5S. The molecule has 3 N–H and O–H groups in total. The van der Waals surface area contributed by atoms with Crippen LogP contribution in [0.2, 0.25) is 0 Å². The number of likely N-dealkylation sites (tertiary alicyclic amines) is 2. The van der Waals surface area contributed by atoms with Gasteiger partial charge in [-0.2, -0.15) is 9.97 Å². The molecule has 7 aromatic rings. The lowest BCUT2D eigenvalue weighted by Crippen LogP contribution is -2.51. The number of terminal acetylenes is 1. The number of fused-ring (bicyclic) bond motifs is 4. The third-order valence-corrected chi connectivity index (χ3v) is 18.3. The first kappa shape index (κ1) is 59.9. The van der Waals surface area contributed by atoms with Gasteiger partial charge in [-0.25, -0.2) is 13.8 Å². The van der Waals surface area contributed by atoms with Gasteiger partial charge in [0.15, 0.2) is 11.6 Å². The molecule has 16 nitrogen and oxygen atoms in total. The van der Waals surface area contributed by atoms with E-state index in [1.165, 1.54) is 74.1 Å². The number of ether oxygens (including phenoxy) is 1. The summed E-state index contributed by atoms with van der Waals surface area (Å²) in [6, 6.07) is 16.2. The van der Waals surface area contributed by atoms with Crippen molar-refractivity contribution in [2.24, 2.45) is 11.8 Å². The third-order valence-electron chi connectivity index (χ3n) is 17.3. The Morgan fingerprint density at radius 2 is 1.64 bits per heavy atom. The number of hydrogen-bond acceptors (Lipinski definition) is 15. The van der Waals surface area contributed by atoms with Gasteiger partial charge in [0.25, 0.3) is 0 Å². The molecule has 5 fully saturated rings. The molecule has 0 aliphatic carbocycles. The lowest BCUT2D eigenvalue weighted by molar-refractivity contribution is -0.131. The molecule has 0 radical (unpaired) electrons. The van der Waals surface area contributed by atoms with Crippen LogP contribution in [-0.4, -0.2) is 129 Å². The van der Waals surface area contributed by atoms with Crippen LogP contribution in [-0.2, 0) is 16.0 Å². The molecule has 5 aliphatic heterocycles. The highest BCUT2D eigenvalue weighted by molar-refractivity contribution is 7.13. The van der Waals surface area contributed by atoms with Gasteiger partial charge in [0.1, 0.15) is 47.0 Å². The van der Waals surface area contributed by atoms with E-state index >= 15 is 4.39 Å². The van der Waals surface area contributed by atoms with E-state index in [0.29, 0.717) is 47.2 Å². The number of nitrogens with zero attached hydrogens (tertiary/aromatic N) is 9. The predicted octanol–water partition coefficient (Wildman–Crippen LogP) is 11.4. The Bertz CT molecular complexity index is 3420. The molecule has 0 saturated carbocycles. The van der Waals surface area contributed by atoms with E-state index in [0.717, 1.165) is 125 Å². The second kappa shape index (κ2) is 27.6. The number of nitrogens with one attached hydrogen (secondary N) is 2. The molecule has 0 spiro atoms. The van der Waals surface area contributed by atoms with Gasteiger partial charge >= 0.3 is 6.01 Å². The summed E-state index contributed by atoms with van der Waals surface area (Å²) in [4.78, 5) is 51.4. The van der Waals surface area contributed by atoms with Crippen molar-refractivity contribution in [2.45, 2.75) is 136 Å². The smallest absolute Gasteiger partial charge is 0.319 e. The Balaban J connectivity index is 0.000000242. The number of phenols is 1. The maximum absolute atomic E-state index is 16.9. The standard InChI is InChI=1S/C44H50F2N8O3.C18H21N3O2S.C3H8/c1-3-33-23-38(51-57-33)53-17-13-28(14-18-53)6-5-27-11-15-52(16-12-27)19-20-56-44-49-42-36(43(50-44)54-25-30-8-9-31(26-54)48-30)24-47-41(40(42)46)35-22-32(55)21-29-7-10-37(45)34(4-2)39(29)35;1-12(20-18(23)16-4-3-9-21(16)11-22)14-5-7-15(8-6-14)17-13(2)19-10-24-17;1-3-2/h2,7,10,21-24,27-28,30-31,48,55H,3,5-6,8-9,11-20,25-26H2,1H3;5-8,10-12,16H,3-4,9H2,1-2H3,(H,20,23);3H2,1-2H3. The second-order valence-corrected chi connectivity index (χ2v) is 24.0. The first-order valence-electron chi connectivity index (χ1n) is 30.2. The summed E-state index contributed by atoms with van der Waals surface area (Å²) >= 11 is 1.63. The number of anilines is 2. The van der Waals surface area contributed by atoms with Crippen molar-refractivity contribution in [3.63, 3.8) is 0 Å². The van der Waals surface area contributed by atoms with Crippen LogP contribution in [0.15, 0.2) is 70.8 Å². The van der Waals surface area contributed by atoms with Crippen LogP contribution in [0.1, 0.15) is 127 Å². The summed E-state index contributed by atoms with van der Waals surface area (Å²) < 4.78 is 43.5. The number of piperidine rings is 2. The molecule has 9 heterocycles. The van der Waals surface area contributed by atoms with Crippen molar-refractivity contribution < 1.29 is 32.7 Å². The highest BCUT2D eigenvalue weighted by Gasteiger charge is 2.35. The molecule has 5 saturated heterocycles. The van der Waals surface area contributed by atoms with Gasteiger partial charge < -0.3 is 39.7 Å². The first-order valence-corrected chi connectivity index (χ1v) is 31.1. The summed E-state index contributed by atoms with van der Waals surface area (Å²) in [5.41, 5.74) is 5.18. The molecule has 2 amide bonds. The first-order chi connectivity index (χ1) is 40.8. The van der Waals surface area contributed by atoms with Crippen molar-refractivity contribution in [1.29, 1.82) is 0 Å². The fourth-order valence-electron chi connectivity index (χ4n) is 12.6. The molecule has 84 heavy (non-hydrogen) atoms. The Morgan fingerprint density at radius 3 is 2.30 bits per heavy atom. The quantitative estimate of drug-likeness (QED) is 0.0615. The minimum Gasteiger partial charge on any atom is -0.508 e. The van der Waals surface area contributed by atoms with Crippen LogP contribution in [0, 0.1) is 42.7 Å². The summed E-state index contributed by atoms with van der Waals surface area (Å²) in [6.45, 7) is 17.7. The second-order valence-electron chi connectivity index (χ2n) is 23.2. The summed E-state index contributed by atoms with van der Waals surface area (Å²) in [7, 11) is 0. The summed E-state index contributed by atoms with van der Waals surface area (Å²) in [5.74, 6) is 4.91. The number of pyridine rings is 1. The van der Waals surface area contributed by atoms with E-state index in [-0.39, 0.29) is 52.1 Å². The number of rotatable bonds is 16. The molecular weight excluding hydrogens is 1080 g/mol. The molecule has 444 valence electrons. The zero-order chi connectivity index (χ0) is 58.9. The normalized spacial score (nSPS) is 19.6. The molecule has 2 bridgehead atoms. The Hall–Kier alpha value is -7.27. The molecule has 5 aliphatic rings. The average molecular weight is 1160 g/mol. The van der Waals surface area contributed by atoms with Gasteiger partial charge in [0, 0.05) is 81.0 Å². The van der Waals surface area contributed by atoms with Crippen molar-refractivity contribution in [1.82, 2.24) is 45.5 Å². The maximum Gasteiger partial charge on any atom is 0.319 e. The van der Waals surface area contributed by atoms with Crippen molar-refractivity contribution in [2.75, 3.05) is 68.8 Å². The number of phenolic OH excluding ortho intramolecular Hbond substituents is 1. The predicted molar refractivity (Wildman–Crippen MR) is 327 cm³/mol. The zero-order valence-corrected chi connectivity index (χ0v) is 49.9. The van der Waals surface area contributed by atoms with Gasteiger partial charge in [-0.3, -0.25) is 19.5 Å². The number of piperazine rings is 1. The summed E-state index contributed by atoms with van der Waals surface area (Å²) in [5, 5.41) is 22.8. The van der Waals surface area contributed by atoms with Crippen LogP contribution >= 0.6 is 11.3 Å². The molecule has 19 heteroatoms. The van der Waals surface area contributed by atoms with Gasteiger partial charge in [-0.1, -0.05) is 81.4 Å².